The van der Waals surface area contributed by atoms with Crippen LogP contribution >= 0.6 is 0 Å². The van der Waals surface area contributed by atoms with Gasteiger partial charge in [0, 0.05) is 32.7 Å². The van der Waals surface area contributed by atoms with E-state index in [2.05, 4.69) is 156 Å². The first-order valence-electron chi connectivity index (χ1n) is 23.6. The summed E-state index contributed by atoms with van der Waals surface area (Å²) >= 11 is 0. The molecule has 0 aliphatic heterocycles. The maximum absolute atomic E-state index is 12.4. The van der Waals surface area contributed by atoms with Gasteiger partial charge in [0.1, 0.15) is 11.6 Å². The van der Waals surface area contributed by atoms with Gasteiger partial charge in [0.05, 0.1) is 22.3 Å². The van der Waals surface area contributed by atoms with Crippen LogP contribution in [-0.4, -0.2) is 19.6 Å². The lowest BCUT2D eigenvalue weighted by molar-refractivity contribution is 0.446. The minimum Gasteiger partial charge on any atom is -0.507 e. The number of fused-ring (bicyclic) bond motifs is 1. The lowest BCUT2D eigenvalue weighted by Gasteiger charge is -2.27. The Kier molecular flexibility index (Phi) is 9.94. The number of para-hydroxylation sites is 1. The average molecular weight is 833 g/mol. The van der Waals surface area contributed by atoms with Gasteiger partial charge in [-0.25, -0.2) is 4.98 Å². The van der Waals surface area contributed by atoms with Gasteiger partial charge in [-0.15, -0.1) is 0 Å². The van der Waals surface area contributed by atoms with Crippen LogP contribution in [0, 0.1) is 6.85 Å². The summed E-state index contributed by atoms with van der Waals surface area (Å²) in [5, 5.41) is 12.4. The van der Waals surface area contributed by atoms with Crippen molar-refractivity contribution < 1.29 is 9.22 Å². The van der Waals surface area contributed by atoms with E-state index in [0.29, 0.717) is 22.6 Å². The molecule has 0 saturated heterocycles. The summed E-state index contributed by atoms with van der Waals surface area (Å²) in [5.41, 5.74) is 13.9. The SMILES string of the molecule is [2H]C([2H])([2H])c1cc(-n2c(-c3cc(C(C)(C)C)cc(C(C)(C)C)c3O)nc3c(-c4cc(-c5cc(-c6ccc(C(C)(C)C)cc6)ccn5)cc(C(C)(C)C)c4)cccc32)ccc1-c1ccccc1. The van der Waals surface area contributed by atoms with Crippen LogP contribution in [0.4, 0.5) is 0 Å². The Hall–Kier alpha value is -6.26. The number of imidazole rings is 1. The molecule has 0 atom stereocenters. The van der Waals surface area contributed by atoms with Crippen molar-refractivity contribution in [3.63, 3.8) is 0 Å². The van der Waals surface area contributed by atoms with E-state index in [1.807, 2.05) is 65.4 Å². The molecule has 63 heavy (non-hydrogen) atoms. The Morgan fingerprint density at radius 1 is 0.492 bits per heavy atom. The lowest BCUT2D eigenvalue weighted by Crippen LogP contribution is -2.17. The molecule has 0 radical (unpaired) electrons. The number of aromatic nitrogens is 3. The number of rotatable bonds is 6. The molecule has 2 heterocycles. The zero-order valence-electron chi connectivity index (χ0n) is 42.1. The average Bonchev–Trinajstić information content (AvgIpc) is 3.64. The topological polar surface area (TPSA) is 50.9 Å². The van der Waals surface area contributed by atoms with Gasteiger partial charge in [0.25, 0.3) is 0 Å². The Labute approximate surface area is 380 Å². The van der Waals surface area contributed by atoms with Crippen molar-refractivity contribution in [2.24, 2.45) is 0 Å². The summed E-state index contributed by atoms with van der Waals surface area (Å²) in [4.78, 5) is 10.5. The molecule has 6 aromatic carbocycles. The van der Waals surface area contributed by atoms with E-state index >= 15 is 0 Å². The van der Waals surface area contributed by atoms with E-state index in [9.17, 15) is 5.11 Å². The first kappa shape index (κ1) is 39.6. The molecule has 4 heteroatoms. The first-order valence-corrected chi connectivity index (χ1v) is 22.1. The van der Waals surface area contributed by atoms with Crippen molar-refractivity contribution in [1.29, 1.82) is 0 Å². The molecule has 0 bridgehead atoms. The fraction of sp³-hybridized carbons (Fsp3) is 0.288. The summed E-state index contributed by atoms with van der Waals surface area (Å²) in [6, 6.07) is 45.4. The molecule has 8 aromatic rings. The zero-order chi connectivity index (χ0) is 47.7. The summed E-state index contributed by atoms with van der Waals surface area (Å²) < 4.78 is 28.3. The van der Waals surface area contributed by atoms with Crippen LogP contribution in [-0.2, 0) is 21.7 Å². The van der Waals surface area contributed by atoms with Gasteiger partial charge in [-0.1, -0.05) is 168 Å². The van der Waals surface area contributed by atoms with Crippen LogP contribution < -0.4 is 0 Å². The molecule has 0 aliphatic rings. The third kappa shape index (κ3) is 8.61. The highest BCUT2D eigenvalue weighted by Gasteiger charge is 2.29. The second-order valence-electron chi connectivity index (χ2n) is 21.3. The molecule has 0 fully saturated rings. The van der Waals surface area contributed by atoms with Crippen molar-refractivity contribution >= 4 is 11.0 Å². The minimum atomic E-state index is -2.42. The smallest absolute Gasteiger partial charge is 0.149 e. The molecular formula is C59H63N3O. The Morgan fingerprint density at radius 2 is 1.16 bits per heavy atom. The molecule has 0 aliphatic carbocycles. The zero-order valence-corrected chi connectivity index (χ0v) is 39.1. The van der Waals surface area contributed by atoms with Gasteiger partial charge in [-0.3, -0.25) is 9.55 Å². The van der Waals surface area contributed by atoms with E-state index < -0.39 is 12.3 Å². The summed E-state index contributed by atoms with van der Waals surface area (Å²) in [7, 11) is 0. The number of phenolic OH excluding ortho intramolecular Hbond substituents is 1. The molecule has 8 rings (SSSR count). The second kappa shape index (κ2) is 15.8. The molecule has 2 aromatic heterocycles. The van der Waals surface area contributed by atoms with Gasteiger partial charge in [-0.05, 0) is 127 Å². The molecule has 0 unspecified atom stereocenters. The minimum absolute atomic E-state index is 0.0606. The monoisotopic (exact) mass is 833 g/mol. The maximum Gasteiger partial charge on any atom is 0.149 e. The van der Waals surface area contributed by atoms with Crippen LogP contribution in [0.25, 0.3) is 72.7 Å². The van der Waals surface area contributed by atoms with Gasteiger partial charge in [0.2, 0.25) is 0 Å². The van der Waals surface area contributed by atoms with Gasteiger partial charge < -0.3 is 5.11 Å². The molecule has 320 valence electrons. The quantitative estimate of drug-likeness (QED) is 0.182. The van der Waals surface area contributed by atoms with Crippen molar-refractivity contribution in [2.75, 3.05) is 0 Å². The number of pyridine rings is 1. The van der Waals surface area contributed by atoms with Crippen LogP contribution in [0.5, 0.6) is 5.75 Å². The second-order valence-corrected chi connectivity index (χ2v) is 21.3. The molecule has 0 amide bonds. The van der Waals surface area contributed by atoms with E-state index in [1.54, 1.807) is 6.07 Å². The van der Waals surface area contributed by atoms with Crippen molar-refractivity contribution in [1.82, 2.24) is 14.5 Å². The summed E-state index contributed by atoms with van der Waals surface area (Å²) in [5.74, 6) is 0.677. The van der Waals surface area contributed by atoms with Crippen LogP contribution in [0.15, 0.2) is 140 Å². The third-order valence-electron chi connectivity index (χ3n) is 12.3. The van der Waals surface area contributed by atoms with Gasteiger partial charge in [0.15, 0.2) is 0 Å². The summed E-state index contributed by atoms with van der Waals surface area (Å²) in [6.45, 7) is 23.8. The molecule has 0 saturated carbocycles. The normalized spacial score (nSPS) is 13.5. The number of hydrogen-bond acceptors (Lipinski definition) is 3. The van der Waals surface area contributed by atoms with E-state index in [1.165, 1.54) is 5.56 Å². The highest BCUT2D eigenvalue weighted by molar-refractivity contribution is 5.97. The fourth-order valence-corrected chi connectivity index (χ4v) is 8.42. The Balaban J connectivity index is 1.40. The van der Waals surface area contributed by atoms with Crippen LogP contribution in [0.3, 0.4) is 0 Å². The largest absolute Gasteiger partial charge is 0.507 e. The predicted octanol–water partition coefficient (Wildman–Crippen LogP) is 16.0. The highest BCUT2D eigenvalue weighted by Crippen LogP contribution is 2.45. The number of nitrogens with zero attached hydrogens (tertiary/aromatic N) is 3. The van der Waals surface area contributed by atoms with Crippen molar-refractivity contribution in [3.8, 4) is 67.5 Å². The predicted molar refractivity (Wildman–Crippen MR) is 267 cm³/mol. The number of phenols is 1. The summed E-state index contributed by atoms with van der Waals surface area (Å²) in [6.07, 6.45) is 1.89. The van der Waals surface area contributed by atoms with E-state index in [-0.39, 0.29) is 27.6 Å². The van der Waals surface area contributed by atoms with Crippen LogP contribution in [0.2, 0.25) is 0 Å². The van der Waals surface area contributed by atoms with Gasteiger partial charge >= 0.3 is 0 Å². The first-order chi connectivity index (χ1) is 30.8. The van der Waals surface area contributed by atoms with Gasteiger partial charge in [-0.2, -0.15) is 0 Å². The van der Waals surface area contributed by atoms with Crippen molar-refractivity contribution in [3.05, 3.63) is 167 Å². The van der Waals surface area contributed by atoms with E-state index in [4.69, 9.17) is 14.1 Å². The number of aromatic hydroxyl groups is 1. The fourth-order valence-electron chi connectivity index (χ4n) is 8.42. The third-order valence-corrected chi connectivity index (χ3v) is 12.3. The van der Waals surface area contributed by atoms with E-state index in [0.717, 1.165) is 66.8 Å². The van der Waals surface area contributed by atoms with Crippen LogP contribution in [0.1, 0.15) is 115 Å². The number of hydrogen-bond donors (Lipinski definition) is 1. The lowest BCUT2D eigenvalue weighted by atomic mass is 9.79. The number of aryl methyl sites for hydroxylation is 1. The standard InChI is InChI=1S/C59H63N3O/c1-37-30-46(26-27-47(37)39-18-15-14-16-19-39)62-52-21-17-20-48(53(52)61-55(62)49-35-45(58(8,9)10)36-50(54(49)63)59(11,12)13)41-31-42(33-44(32-41)57(5,6)7)51-34-40(28-29-60-51)38-22-24-43(25-23-38)56(2,3)4/h14-36,63H,1-13H3/i1D3. The number of benzene rings is 6. The molecular weight excluding hydrogens is 767 g/mol. The highest BCUT2D eigenvalue weighted by atomic mass is 16.3. The Morgan fingerprint density at radius 3 is 1.81 bits per heavy atom. The van der Waals surface area contributed by atoms with Crippen molar-refractivity contribution in [2.45, 2.75) is 112 Å². The molecule has 4 nitrogen and oxygen atoms in total. The molecule has 0 spiro atoms. The Bertz CT molecular complexity index is 3090. The molecule has 1 N–H and O–H groups in total. The maximum atomic E-state index is 12.4.